The van der Waals surface area contributed by atoms with Gasteiger partial charge in [-0.3, -0.25) is 0 Å². The van der Waals surface area contributed by atoms with Gasteiger partial charge in [-0.15, -0.1) is 0 Å². The summed E-state index contributed by atoms with van der Waals surface area (Å²) < 4.78 is 5.31. The van der Waals surface area contributed by atoms with E-state index in [1.165, 1.54) is 10.9 Å². The molecule has 0 saturated heterocycles. The van der Waals surface area contributed by atoms with Crippen molar-refractivity contribution in [2.45, 2.75) is 44.6 Å². The molecule has 0 spiro atoms. The summed E-state index contributed by atoms with van der Waals surface area (Å²) in [5.41, 5.74) is 2.06. The van der Waals surface area contributed by atoms with E-state index in [1.54, 1.807) is 0 Å². The zero-order valence-electron chi connectivity index (χ0n) is 12.8. The fraction of sp³-hybridized carbons (Fsp3) is 0.471. The molecule has 1 aromatic carbocycles. The normalized spacial score (nSPS) is 16.7. The Kier molecular flexibility index (Phi) is 3.19. The Balaban J connectivity index is 1.72. The van der Waals surface area contributed by atoms with Crippen LogP contribution in [0.1, 0.15) is 39.2 Å². The number of carbonyl (C=O) groups is 1. The first-order valence-corrected chi connectivity index (χ1v) is 7.43. The van der Waals surface area contributed by atoms with Crippen molar-refractivity contribution in [2.75, 3.05) is 6.54 Å². The van der Waals surface area contributed by atoms with Crippen molar-refractivity contribution in [1.82, 2.24) is 10.3 Å². The van der Waals surface area contributed by atoms with Gasteiger partial charge < -0.3 is 15.0 Å². The number of ether oxygens (including phenoxy) is 1. The Labute approximate surface area is 124 Å². The minimum absolute atomic E-state index is 0.0660. The molecule has 2 aromatic rings. The molecule has 1 amide bonds. The van der Waals surface area contributed by atoms with Crippen LogP contribution in [0.25, 0.3) is 10.9 Å². The van der Waals surface area contributed by atoms with Crippen molar-refractivity contribution in [2.24, 2.45) is 0 Å². The largest absolute Gasteiger partial charge is 0.444 e. The van der Waals surface area contributed by atoms with Gasteiger partial charge in [-0.1, -0.05) is 18.2 Å². The van der Waals surface area contributed by atoms with Crippen LogP contribution < -0.4 is 5.32 Å². The summed E-state index contributed by atoms with van der Waals surface area (Å²) in [7, 11) is 0. The molecule has 2 N–H and O–H groups in total. The molecular weight excluding hydrogens is 264 g/mol. The average Bonchev–Trinajstić information content (AvgIpc) is 3.06. The molecule has 1 fully saturated rings. The van der Waals surface area contributed by atoms with Crippen LogP contribution in [-0.2, 0) is 10.2 Å². The van der Waals surface area contributed by atoms with Gasteiger partial charge in [0.1, 0.15) is 5.60 Å². The Bertz CT molecular complexity index is 663. The third-order valence-electron chi connectivity index (χ3n) is 3.98. The molecule has 1 saturated carbocycles. The van der Waals surface area contributed by atoms with E-state index < -0.39 is 5.60 Å². The highest BCUT2D eigenvalue weighted by Gasteiger charge is 2.46. The maximum absolute atomic E-state index is 11.8. The van der Waals surface area contributed by atoms with E-state index >= 15 is 0 Å². The van der Waals surface area contributed by atoms with Gasteiger partial charge in [-0.05, 0) is 45.2 Å². The van der Waals surface area contributed by atoms with E-state index in [1.807, 2.05) is 26.8 Å². The quantitative estimate of drug-likeness (QED) is 0.903. The van der Waals surface area contributed by atoms with E-state index in [4.69, 9.17) is 4.74 Å². The third kappa shape index (κ3) is 2.89. The lowest BCUT2D eigenvalue weighted by molar-refractivity contribution is 0.0522. The fourth-order valence-corrected chi connectivity index (χ4v) is 2.76. The van der Waals surface area contributed by atoms with Crippen LogP contribution >= 0.6 is 0 Å². The molecule has 0 unspecified atom stereocenters. The van der Waals surface area contributed by atoms with Crippen LogP contribution in [0.3, 0.4) is 0 Å². The van der Waals surface area contributed by atoms with Crippen LogP contribution in [0.5, 0.6) is 0 Å². The van der Waals surface area contributed by atoms with Crippen molar-refractivity contribution < 1.29 is 9.53 Å². The Morgan fingerprint density at radius 3 is 2.71 bits per heavy atom. The molecule has 1 aliphatic rings. The van der Waals surface area contributed by atoms with Gasteiger partial charge in [0.15, 0.2) is 0 Å². The summed E-state index contributed by atoms with van der Waals surface area (Å²) in [5, 5.41) is 4.17. The molecule has 0 aliphatic heterocycles. The predicted molar refractivity (Wildman–Crippen MR) is 83.4 cm³/mol. The number of amides is 1. The Hall–Kier alpha value is -1.97. The highest BCUT2D eigenvalue weighted by molar-refractivity contribution is 5.85. The summed E-state index contributed by atoms with van der Waals surface area (Å²) in [6, 6.07) is 8.29. The molecule has 1 aromatic heterocycles. The maximum Gasteiger partial charge on any atom is 0.407 e. The lowest BCUT2D eigenvalue weighted by Gasteiger charge is -2.21. The minimum Gasteiger partial charge on any atom is -0.444 e. The van der Waals surface area contributed by atoms with E-state index in [2.05, 4.69) is 34.7 Å². The van der Waals surface area contributed by atoms with Crippen molar-refractivity contribution in [3.63, 3.8) is 0 Å². The maximum atomic E-state index is 11.8. The summed E-state index contributed by atoms with van der Waals surface area (Å²) in [5.74, 6) is 0. The van der Waals surface area contributed by atoms with E-state index in [9.17, 15) is 4.79 Å². The molecule has 0 radical (unpaired) electrons. The van der Waals surface area contributed by atoms with Gasteiger partial charge in [-0.25, -0.2) is 4.79 Å². The smallest absolute Gasteiger partial charge is 0.407 e. The predicted octanol–water partition coefficient (Wildman–Crippen LogP) is 3.72. The number of hydrogen-bond acceptors (Lipinski definition) is 2. The number of alkyl carbamates (subject to hydrolysis) is 1. The Morgan fingerprint density at radius 2 is 2.05 bits per heavy atom. The highest BCUT2D eigenvalue weighted by Crippen LogP contribution is 2.49. The molecule has 3 rings (SSSR count). The summed E-state index contributed by atoms with van der Waals surface area (Å²) in [6.45, 7) is 6.25. The third-order valence-corrected chi connectivity index (χ3v) is 3.98. The summed E-state index contributed by atoms with van der Waals surface area (Å²) >= 11 is 0. The van der Waals surface area contributed by atoms with Gasteiger partial charge in [0.05, 0.1) is 0 Å². The molecule has 21 heavy (non-hydrogen) atoms. The number of fused-ring (bicyclic) bond motifs is 1. The second-order valence-electron chi connectivity index (χ2n) is 6.88. The van der Waals surface area contributed by atoms with Crippen LogP contribution in [0, 0.1) is 0 Å². The monoisotopic (exact) mass is 286 g/mol. The van der Waals surface area contributed by atoms with Crippen molar-refractivity contribution in [3.8, 4) is 0 Å². The highest BCUT2D eigenvalue weighted by atomic mass is 16.6. The number of H-pyrrole nitrogens is 1. The second kappa shape index (κ2) is 4.79. The molecule has 1 heterocycles. The lowest BCUT2D eigenvalue weighted by Crippen LogP contribution is -2.36. The Morgan fingerprint density at radius 1 is 1.33 bits per heavy atom. The number of hydrogen-bond donors (Lipinski definition) is 2. The lowest BCUT2D eigenvalue weighted by atomic mass is 9.95. The SMILES string of the molecule is CC(C)(C)OC(=O)NCC1(c2c[nH]c3ccccc23)CC1. The number of aromatic nitrogens is 1. The molecule has 1 aliphatic carbocycles. The molecule has 4 nitrogen and oxygen atoms in total. The van der Waals surface area contributed by atoms with Gasteiger partial charge in [0, 0.05) is 29.1 Å². The average molecular weight is 286 g/mol. The molecule has 0 atom stereocenters. The second-order valence-corrected chi connectivity index (χ2v) is 6.88. The summed E-state index contributed by atoms with van der Waals surface area (Å²) in [4.78, 5) is 15.1. The number of nitrogens with one attached hydrogen (secondary N) is 2. The van der Waals surface area contributed by atoms with Gasteiger partial charge >= 0.3 is 6.09 Å². The van der Waals surface area contributed by atoms with E-state index in [0.717, 1.165) is 18.4 Å². The van der Waals surface area contributed by atoms with Gasteiger partial charge in [0.25, 0.3) is 0 Å². The molecule has 4 heteroatoms. The van der Waals surface area contributed by atoms with Gasteiger partial charge in [0.2, 0.25) is 0 Å². The summed E-state index contributed by atoms with van der Waals surface area (Å²) in [6.07, 6.45) is 3.94. The van der Waals surface area contributed by atoms with Crippen molar-refractivity contribution in [3.05, 3.63) is 36.0 Å². The van der Waals surface area contributed by atoms with Crippen LogP contribution in [0.2, 0.25) is 0 Å². The molecule has 112 valence electrons. The number of aromatic amines is 1. The standard InChI is InChI=1S/C17H22N2O2/c1-16(2,3)21-15(20)19-11-17(8-9-17)13-10-18-14-7-5-4-6-12(13)14/h4-7,10,18H,8-9,11H2,1-3H3,(H,19,20). The molecular formula is C17H22N2O2. The number of rotatable bonds is 3. The number of para-hydroxylation sites is 1. The first-order valence-electron chi connectivity index (χ1n) is 7.43. The zero-order chi connectivity index (χ0) is 15.1. The number of carbonyl (C=O) groups excluding carboxylic acids is 1. The fourth-order valence-electron chi connectivity index (χ4n) is 2.76. The van der Waals surface area contributed by atoms with E-state index in [0.29, 0.717) is 6.54 Å². The van der Waals surface area contributed by atoms with Crippen LogP contribution in [-0.4, -0.2) is 23.2 Å². The van der Waals surface area contributed by atoms with Gasteiger partial charge in [-0.2, -0.15) is 0 Å². The number of benzene rings is 1. The molecule has 0 bridgehead atoms. The van der Waals surface area contributed by atoms with E-state index in [-0.39, 0.29) is 11.5 Å². The van der Waals surface area contributed by atoms with Crippen LogP contribution in [0.15, 0.2) is 30.5 Å². The minimum atomic E-state index is -0.457. The van der Waals surface area contributed by atoms with Crippen molar-refractivity contribution >= 4 is 17.0 Å². The first-order chi connectivity index (χ1) is 9.90. The zero-order valence-corrected chi connectivity index (χ0v) is 12.8. The van der Waals surface area contributed by atoms with Crippen molar-refractivity contribution in [1.29, 1.82) is 0 Å². The topological polar surface area (TPSA) is 54.1 Å². The first kappa shape index (κ1) is 14.0. The van der Waals surface area contributed by atoms with Crippen LogP contribution in [0.4, 0.5) is 4.79 Å².